The highest BCUT2D eigenvalue weighted by Gasteiger charge is 2.17. The Bertz CT molecular complexity index is 769. The first kappa shape index (κ1) is 17.7. The van der Waals surface area contributed by atoms with E-state index in [1.165, 1.54) is 18.2 Å². The number of carbonyl (C=O) groups excluding carboxylic acids is 2. The monoisotopic (exact) mass is 350 g/mol. The highest BCUT2D eigenvalue weighted by atomic mass is 35.5. The molecule has 0 heterocycles. The molecule has 0 aliphatic rings. The number of nitrogens with one attached hydrogen (secondary N) is 1. The first-order chi connectivity index (χ1) is 11.4. The van der Waals surface area contributed by atoms with Gasteiger partial charge in [-0.05, 0) is 29.8 Å². The van der Waals surface area contributed by atoms with Gasteiger partial charge in [-0.1, -0.05) is 29.8 Å². The first-order valence-corrected chi connectivity index (χ1v) is 7.38. The van der Waals surface area contributed by atoms with Gasteiger partial charge in [0.15, 0.2) is 0 Å². The number of hydrazine groups is 1. The van der Waals surface area contributed by atoms with Gasteiger partial charge < -0.3 is 11.1 Å². The van der Waals surface area contributed by atoms with Crippen molar-refractivity contribution in [3.8, 4) is 0 Å². The van der Waals surface area contributed by atoms with Crippen molar-refractivity contribution in [2.75, 3.05) is 12.3 Å². The summed E-state index contributed by atoms with van der Waals surface area (Å²) in [4.78, 5) is 24.0. The summed E-state index contributed by atoms with van der Waals surface area (Å²) in [7, 11) is 0. The zero-order valence-electron chi connectivity index (χ0n) is 12.6. The Morgan fingerprint density at radius 1 is 1.21 bits per heavy atom. The van der Waals surface area contributed by atoms with Gasteiger partial charge in [0, 0.05) is 17.3 Å². The number of benzene rings is 2. The SMILES string of the molecule is Nc1ccccc1C(=O)N(N)CC(=O)NCc1ccc(F)cc1Cl. The predicted molar refractivity (Wildman–Crippen MR) is 89.3 cm³/mol. The van der Waals surface area contributed by atoms with E-state index < -0.39 is 17.6 Å². The number of nitrogen functional groups attached to an aromatic ring is 1. The van der Waals surface area contributed by atoms with Crippen LogP contribution < -0.4 is 16.9 Å². The quantitative estimate of drug-likeness (QED) is 0.330. The van der Waals surface area contributed by atoms with E-state index in [2.05, 4.69) is 5.32 Å². The van der Waals surface area contributed by atoms with E-state index in [1.54, 1.807) is 18.2 Å². The van der Waals surface area contributed by atoms with E-state index in [-0.39, 0.29) is 29.4 Å². The molecule has 24 heavy (non-hydrogen) atoms. The van der Waals surface area contributed by atoms with Crippen LogP contribution in [0.2, 0.25) is 5.02 Å². The molecule has 0 atom stereocenters. The minimum absolute atomic E-state index is 0.0907. The first-order valence-electron chi connectivity index (χ1n) is 7.00. The summed E-state index contributed by atoms with van der Waals surface area (Å²) in [5, 5.41) is 3.53. The molecule has 0 aromatic heterocycles. The topological polar surface area (TPSA) is 101 Å². The molecule has 0 spiro atoms. The van der Waals surface area contributed by atoms with Gasteiger partial charge in [-0.2, -0.15) is 0 Å². The number of rotatable bonds is 5. The van der Waals surface area contributed by atoms with E-state index in [9.17, 15) is 14.0 Å². The molecule has 2 aromatic rings. The van der Waals surface area contributed by atoms with E-state index in [0.29, 0.717) is 5.56 Å². The molecule has 0 aliphatic carbocycles. The van der Waals surface area contributed by atoms with Crippen LogP contribution in [0.25, 0.3) is 0 Å². The molecule has 0 unspecified atom stereocenters. The van der Waals surface area contributed by atoms with E-state index >= 15 is 0 Å². The second-order valence-corrected chi connectivity index (χ2v) is 5.44. The number of hydrogen-bond donors (Lipinski definition) is 3. The molecule has 5 N–H and O–H groups in total. The zero-order valence-corrected chi connectivity index (χ0v) is 13.4. The van der Waals surface area contributed by atoms with Crippen LogP contribution in [0.1, 0.15) is 15.9 Å². The third-order valence-electron chi connectivity index (χ3n) is 3.26. The van der Waals surface area contributed by atoms with E-state index in [4.69, 9.17) is 23.2 Å². The number of nitrogens with zero attached hydrogens (tertiary/aromatic N) is 1. The van der Waals surface area contributed by atoms with Crippen molar-refractivity contribution in [1.82, 2.24) is 10.3 Å². The molecule has 0 radical (unpaired) electrons. The summed E-state index contributed by atoms with van der Waals surface area (Å²) in [6.07, 6.45) is 0. The Hall–Kier alpha value is -2.64. The highest BCUT2D eigenvalue weighted by molar-refractivity contribution is 6.31. The Labute approximate surface area is 143 Å². The van der Waals surface area contributed by atoms with Crippen LogP contribution in [0.5, 0.6) is 0 Å². The van der Waals surface area contributed by atoms with Gasteiger partial charge in [0.25, 0.3) is 5.91 Å². The average molecular weight is 351 g/mol. The molecular formula is C16H16ClFN4O2. The lowest BCUT2D eigenvalue weighted by molar-refractivity contribution is -0.122. The summed E-state index contributed by atoms with van der Waals surface area (Å²) < 4.78 is 13.0. The lowest BCUT2D eigenvalue weighted by Crippen LogP contribution is -2.45. The van der Waals surface area contributed by atoms with Gasteiger partial charge in [-0.15, -0.1) is 0 Å². The Kier molecular flexibility index (Phi) is 5.73. The Balaban J connectivity index is 1.92. The Morgan fingerprint density at radius 3 is 2.58 bits per heavy atom. The maximum absolute atomic E-state index is 13.0. The lowest BCUT2D eigenvalue weighted by atomic mass is 10.1. The fraction of sp³-hybridized carbons (Fsp3) is 0.125. The smallest absolute Gasteiger partial charge is 0.270 e. The minimum Gasteiger partial charge on any atom is -0.398 e. The van der Waals surface area contributed by atoms with Crippen LogP contribution in [0.15, 0.2) is 42.5 Å². The van der Waals surface area contributed by atoms with Gasteiger partial charge in [-0.25, -0.2) is 10.2 Å². The van der Waals surface area contributed by atoms with E-state index in [0.717, 1.165) is 11.1 Å². The largest absolute Gasteiger partial charge is 0.398 e. The fourth-order valence-corrected chi connectivity index (χ4v) is 2.22. The normalized spacial score (nSPS) is 10.3. The molecule has 6 nitrogen and oxygen atoms in total. The number of hydrogen-bond acceptors (Lipinski definition) is 4. The molecule has 2 aromatic carbocycles. The highest BCUT2D eigenvalue weighted by Crippen LogP contribution is 2.17. The van der Waals surface area contributed by atoms with Crippen molar-refractivity contribution >= 4 is 29.1 Å². The molecule has 2 rings (SSSR count). The van der Waals surface area contributed by atoms with Gasteiger partial charge in [0.2, 0.25) is 5.91 Å². The Morgan fingerprint density at radius 2 is 1.92 bits per heavy atom. The maximum atomic E-state index is 13.0. The standard InChI is InChI=1S/C16H16ClFN4O2/c17-13-7-11(18)6-5-10(13)8-21-15(23)9-22(20)16(24)12-3-1-2-4-14(12)19/h1-7H,8-9,19-20H2,(H,21,23). The average Bonchev–Trinajstić information content (AvgIpc) is 2.53. The summed E-state index contributed by atoms with van der Waals surface area (Å²) >= 11 is 5.87. The second kappa shape index (κ2) is 7.76. The van der Waals surface area contributed by atoms with Crippen molar-refractivity contribution in [1.29, 1.82) is 0 Å². The van der Waals surface area contributed by atoms with Crippen LogP contribution in [0, 0.1) is 5.82 Å². The number of para-hydroxylation sites is 1. The van der Waals surface area contributed by atoms with Gasteiger partial charge in [0.05, 0.1) is 5.56 Å². The third kappa shape index (κ3) is 4.43. The molecule has 126 valence electrons. The van der Waals surface area contributed by atoms with Crippen molar-refractivity contribution in [3.63, 3.8) is 0 Å². The zero-order chi connectivity index (χ0) is 17.7. The molecule has 8 heteroatoms. The second-order valence-electron chi connectivity index (χ2n) is 5.03. The number of nitrogens with two attached hydrogens (primary N) is 2. The minimum atomic E-state index is -0.567. The lowest BCUT2D eigenvalue weighted by Gasteiger charge is -2.17. The van der Waals surface area contributed by atoms with Crippen LogP contribution in [0.4, 0.5) is 10.1 Å². The molecular weight excluding hydrogens is 335 g/mol. The van der Waals surface area contributed by atoms with E-state index in [1.807, 2.05) is 0 Å². The van der Waals surface area contributed by atoms with Crippen molar-refractivity contribution in [2.24, 2.45) is 5.84 Å². The number of halogens is 2. The summed E-state index contributed by atoms with van der Waals surface area (Å²) in [5.74, 6) is 4.11. The molecule has 2 amide bonds. The van der Waals surface area contributed by atoms with Gasteiger partial charge in [0.1, 0.15) is 12.4 Å². The molecule has 0 saturated heterocycles. The summed E-state index contributed by atoms with van der Waals surface area (Å²) in [6, 6.07) is 10.3. The molecule has 0 bridgehead atoms. The fourth-order valence-electron chi connectivity index (χ4n) is 1.99. The van der Waals surface area contributed by atoms with Crippen LogP contribution in [0.3, 0.4) is 0 Å². The molecule has 0 fully saturated rings. The van der Waals surface area contributed by atoms with Crippen molar-refractivity contribution in [3.05, 3.63) is 64.4 Å². The maximum Gasteiger partial charge on any atom is 0.270 e. The van der Waals surface area contributed by atoms with Crippen molar-refractivity contribution in [2.45, 2.75) is 6.54 Å². The van der Waals surface area contributed by atoms with Gasteiger partial charge >= 0.3 is 0 Å². The number of carbonyl (C=O) groups is 2. The van der Waals surface area contributed by atoms with Crippen LogP contribution >= 0.6 is 11.6 Å². The predicted octanol–water partition coefficient (Wildman–Crippen LogP) is 1.69. The van der Waals surface area contributed by atoms with Gasteiger partial charge in [-0.3, -0.25) is 14.6 Å². The summed E-state index contributed by atoms with van der Waals surface area (Å²) in [6.45, 7) is -0.264. The molecule has 0 aliphatic heterocycles. The summed E-state index contributed by atoms with van der Waals surface area (Å²) in [5.41, 5.74) is 6.75. The number of amides is 2. The van der Waals surface area contributed by atoms with Crippen molar-refractivity contribution < 1.29 is 14.0 Å². The number of anilines is 1. The third-order valence-corrected chi connectivity index (χ3v) is 3.61. The van der Waals surface area contributed by atoms with Crippen LogP contribution in [-0.2, 0) is 11.3 Å². The molecule has 0 saturated carbocycles. The van der Waals surface area contributed by atoms with Crippen LogP contribution in [-0.4, -0.2) is 23.4 Å².